The molecule has 0 amide bonds. The van der Waals surface area contributed by atoms with E-state index in [1.54, 1.807) is 0 Å². The van der Waals surface area contributed by atoms with Crippen LogP contribution in [0.5, 0.6) is 5.75 Å². The zero-order chi connectivity index (χ0) is 14.9. The van der Waals surface area contributed by atoms with E-state index in [-0.39, 0.29) is 5.60 Å². The Morgan fingerprint density at radius 2 is 1.80 bits per heavy atom. The van der Waals surface area contributed by atoms with Gasteiger partial charge in [0.1, 0.15) is 11.4 Å². The number of aryl methyl sites for hydroxylation is 1. The van der Waals surface area contributed by atoms with E-state index in [4.69, 9.17) is 27.9 Å². The first-order chi connectivity index (χ1) is 9.39. The van der Waals surface area contributed by atoms with Gasteiger partial charge in [0.25, 0.3) is 0 Å². The van der Waals surface area contributed by atoms with Crippen molar-refractivity contribution in [2.24, 2.45) is 0 Å². The Labute approximate surface area is 132 Å². The van der Waals surface area contributed by atoms with E-state index in [0.717, 1.165) is 25.3 Å². The molecule has 1 aromatic rings. The highest BCUT2D eigenvalue weighted by atomic mass is 35.5. The van der Waals surface area contributed by atoms with E-state index in [0.29, 0.717) is 11.8 Å². The molecule has 0 bridgehead atoms. The largest absolute Gasteiger partial charge is 0.487 e. The molecule has 2 nitrogen and oxygen atoms in total. The molecule has 1 aliphatic rings. The highest BCUT2D eigenvalue weighted by molar-refractivity contribution is 6.18. The molecule has 0 N–H and O–H groups in total. The van der Waals surface area contributed by atoms with Gasteiger partial charge >= 0.3 is 0 Å². The van der Waals surface area contributed by atoms with Crippen LogP contribution in [0.2, 0.25) is 0 Å². The fourth-order valence-corrected chi connectivity index (χ4v) is 3.33. The lowest BCUT2D eigenvalue weighted by atomic mass is 9.95. The van der Waals surface area contributed by atoms with Crippen LogP contribution >= 0.6 is 23.2 Å². The maximum atomic E-state index is 6.09. The van der Waals surface area contributed by atoms with E-state index in [1.807, 2.05) is 0 Å². The molecule has 112 valence electrons. The highest BCUT2D eigenvalue weighted by Crippen LogP contribution is 2.43. The lowest BCUT2D eigenvalue weighted by Gasteiger charge is -2.26. The number of alkyl halides is 2. The van der Waals surface area contributed by atoms with E-state index >= 15 is 0 Å². The van der Waals surface area contributed by atoms with Gasteiger partial charge in [-0.2, -0.15) is 0 Å². The molecule has 0 aliphatic carbocycles. The molecule has 1 aromatic carbocycles. The van der Waals surface area contributed by atoms with Crippen LogP contribution in [0.1, 0.15) is 30.5 Å². The monoisotopic (exact) mass is 315 g/mol. The summed E-state index contributed by atoms with van der Waals surface area (Å²) in [4.78, 5) is 2.27. The molecular formula is C16H23Cl2NO. The Hall–Kier alpha value is -0.600. The van der Waals surface area contributed by atoms with Gasteiger partial charge in [-0.15, -0.1) is 23.2 Å². The molecule has 0 radical (unpaired) electrons. The van der Waals surface area contributed by atoms with Crippen molar-refractivity contribution in [3.8, 4) is 5.75 Å². The van der Waals surface area contributed by atoms with Crippen LogP contribution in [0.4, 0.5) is 5.69 Å². The number of rotatable bonds is 5. The number of anilines is 1. The summed E-state index contributed by atoms with van der Waals surface area (Å²) in [5.74, 6) is 2.27. The summed E-state index contributed by atoms with van der Waals surface area (Å²) < 4.78 is 6.09. The summed E-state index contributed by atoms with van der Waals surface area (Å²) in [6.45, 7) is 10.2. The Balaban J connectivity index is 2.44. The molecule has 4 heteroatoms. The van der Waals surface area contributed by atoms with Gasteiger partial charge in [-0.25, -0.2) is 0 Å². The minimum atomic E-state index is -0.111. The summed E-state index contributed by atoms with van der Waals surface area (Å²) in [5, 5.41) is 0. The predicted octanol–water partition coefficient (Wildman–Crippen LogP) is 4.30. The predicted molar refractivity (Wildman–Crippen MR) is 88.0 cm³/mol. The quantitative estimate of drug-likeness (QED) is 0.751. The van der Waals surface area contributed by atoms with E-state index in [2.05, 4.69) is 38.7 Å². The number of hydrogen-bond acceptors (Lipinski definition) is 2. The van der Waals surface area contributed by atoms with Crippen molar-refractivity contribution >= 4 is 28.9 Å². The maximum absolute atomic E-state index is 6.09. The fraction of sp³-hybridized carbons (Fsp3) is 0.625. The smallest absolute Gasteiger partial charge is 0.126 e. The van der Waals surface area contributed by atoms with Crippen molar-refractivity contribution in [3.05, 3.63) is 22.8 Å². The van der Waals surface area contributed by atoms with Gasteiger partial charge in [-0.05, 0) is 44.9 Å². The summed E-state index contributed by atoms with van der Waals surface area (Å²) in [6, 6.07) is 2.20. The summed E-state index contributed by atoms with van der Waals surface area (Å²) >= 11 is 11.9. The molecule has 0 spiro atoms. The third-order valence-electron chi connectivity index (χ3n) is 3.85. The zero-order valence-electron chi connectivity index (χ0n) is 12.7. The van der Waals surface area contributed by atoms with Crippen molar-refractivity contribution in [3.63, 3.8) is 0 Å². The Bertz CT molecular complexity index is 494. The first-order valence-corrected chi connectivity index (χ1v) is 8.15. The van der Waals surface area contributed by atoms with Gasteiger partial charge in [-0.1, -0.05) is 0 Å². The number of benzene rings is 1. The van der Waals surface area contributed by atoms with Gasteiger partial charge in [0, 0.05) is 42.5 Å². The summed E-state index contributed by atoms with van der Waals surface area (Å²) in [6.07, 6.45) is 0.957. The highest BCUT2D eigenvalue weighted by Gasteiger charge is 2.33. The van der Waals surface area contributed by atoms with Gasteiger partial charge in [0.05, 0.1) is 0 Å². The van der Waals surface area contributed by atoms with Crippen LogP contribution < -0.4 is 9.64 Å². The molecule has 20 heavy (non-hydrogen) atoms. The van der Waals surface area contributed by atoms with Crippen molar-refractivity contribution in [2.75, 3.05) is 29.7 Å². The third-order valence-corrected chi connectivity index (χ3v) is 4.19. The second-order valence-corrected chi connectivity index (χ2v) is 6.80. The minimum absolute atomic E-state index is 0.111. The Morgan fingerprint density at radius 3 is 2.35 bits per heavy atom. The first-order valence-electron chi connectivity index (χ1n) is 7.08. The second kappa shape index (κ2) is 6.03. The maximum Gasteiger partial charge on any atom is 0.126 e. The number of hydrogen-bond donors (Lipinski definition) is 0. The molecule has 0 saturated carbocycles. The van der Waals surface area contributed by atoms with Gasteiger partial charge in [0.15, 0.2) is 0 Å². The first kappa shape index (κ1) is 15.8. The molecule has 0 unspecified atom stereocenters. The SMILES string of the molecule is Cc1cc(N(CCCl)CCCl)c(C)c2c1OC(C)(C)C2. The van der Waals surface area contributed by atoms with Crippen LogP contribution in [0, 0.1) is 13.8 Å². The second-order valence-electron chi connectivity index (χ2n) is 6.05. The molecular weight excluding hydrogens is 293 g/mol. The zero-order valence-corrected chi connectivity index (χ0v) is 14.2. The molecule has 0 aromatic heterocycles. The molecule has 1 heterocycles. The van der Waals surface area contributed by atoms with Crippen LogP contribution in [0.15, 0.2) is 6.07 Å². The van der Waals surface area contributed by atoms with Crippen LogP contribution in [-0.4, -0.2) is 30.5 Å². The van der Waals surface area contributed by atoms with Gasteiger partial charge in [-0.3, -0.25) is 0 Å². The van der Waals surface area contributed by atoms with Gasteiger partial charge < -0.3 is 9.64 Å². The summed E-state index contributed by atoms with van der Waals surface area (Å²) in [5.41, 5.74) is 4.95. The van der Waals surface area contributed by atoms with Crippen molar-refractivity contribution in [1.82, 2.24) is 0 Å². The standard InChI is InChI=1S/C16H23Cl2NO/c1-11-9-14(19(7-5-17)8-6-18)12(2)13-10-16(3,4)20-15(11)13/h9H,5-8,10H2,1-4H3. The number of ether oxygens (including phenoxy) is 1. The normalized spacial score (nSPS) is 15.9. The van der Waals surface area contributed by atoms with Crippen molar-refractivity contribution in [2.45, 2.75) is 39.7 Å². The number of fused-ring (bicyclic) bond motifs is 1. The molecule has 1 aliphatic heterocycles. The molecule has 0 fully saturated rings. The topological polar surface area (TPSA) is 12.5 Å². The average molecular weight is 316 g/mol. The molecule has 0 atom stereocenters. The number of halogens is 2. The number of nitrogens with zero attached hydrogens (tertiary/aromatic N) is 1. The lowest BCUT2D eigenvalue weighted by molar-refractivity contribution is 0.137. The molecule has 0 saturated heterocycles. The third kappa shape index (κ3) is 3.01. The average Bonchev–Trinajstić information content (AvgIpc) is 2.70. The summed E-state index contributed by atoms with van der Waals surface area (Å²) in [7, 11) is 0. The van der Waals surface area contributed by atoms with Crippen LogP contribution in [0.25, 0.3) is 0 Å². The fourth-order valence-electron chi connectivity index (χ4n) is 2.92. The van der Waals surface area contributed by atoms with Gasteiger partial charge in [0.2, 0.25) is 0 Å². The van der Waals surface area contributed by atoms with E-state index in [1.165, 1.54) is 22.4 Å². The minimum Gasteiger partial charge on any atom is -0.487 e. The Morgan fingerprint density at radius 1 is 1.20 bits per heavy atom. The van der Waals surface area contributed by atoms with Crippen molar-refractivity contribution < 1.29 is 4.74 Å². The van der Waals surface area contributed by atoms with Crippen LogP contribution in [0.3, 0.4) is 0 Å². The van der Waals surface area contributed by atoms with E-state index in [9.17, 15) is 0 Å². The molecule has 2 rings (SSSR count). The van der Waals surface area contributed by atoms with E-state index < -0.39 is 0 Å². The Kier molecular flexibility index (Phi) is 4.76. The van der Waals surface area contributed by atoms with Crippen LogP contribution in [-0.2, 0) is 6.42 Å². The van der Waals surface area contributed by atoms with Crippen molar-refractivity contribution in [1.29, 1.82) is 0 Å². The lowest BCUT2D eigenvalue weighted by Crippen LogP contribution is -2.28.